The Kier molecular flexibility index (Phi) is 5.92. The molecular formula is C16H26O2SSi. The monoisotopic (exact) mass is 310 g/mol. The maximum Gasteiger partial charge on any atom is 0.0892 e. The van der Waals surface area contributed by atoms with Crippen LogP contribution in [0.3, 0.4) is 0 Å². The molecule has 0 aliphatic rings. The van der Waals surface area contributed by atoms with Crippen molar-refractivity contribution in [3.05, 3.63) is 40.4 Å². The molecule has 1 N–H and O–H groups in total. The second-order valence-electron chi connectivity index (χ2n) is 6.68. The Morgan fingerprint density at radius 2 is 1.70 bits per heavy atom. The summed E-state index contributed by atoms with van der Waals surface area (Å²) < 4.78 is 12.8. The molecule has 4 heteroatoms. The van der Waals surface area contributed by atoms with E-state index in [9.17, 15) is 9.32 Å². The van der Waals surface area contributed by atoms with E-state index in [1.807, 2.05) is 45.0 Å². The van der Waals surface area contributed by atoms with Crippen LogP contribution in [0.5, 0.6) is 0 Å². The first-order valence-electron chi connectivity index (χ1n) is 7.01. The highest BCUT2D eigenvalue weighted by Crippen LogP contribution is 2.24. The fraction of sp³-hybridized carbons (Fsp3) is 0.500. The molecule has 0 aliphatic heterocycles. The summed E-state index contributed by atoms with van der Waals surface area (Å²) in [4.78, 5) is 1.43. The molecule has 0 saturated heterocycles. The van der Waals surface area contributed by atoms with Crippen LogP contribution < -0.4 is 0 Å². The van der Waals surface area contributed by atoms with Crippen molar-refractivity contribution in [3.8, 4) is 0 Å². The van der Waals surface area contributed by atoms with Crippen molar-refractivity contribution in [2.24, 2.45) is 5.92 Å². The van der Waals surface area contributed by atoms with Crippen molar-refractivity contribution < 1.29 is 9.32 Å². The van der Waals surface area contributed by atoms with Gasteiger partial charge < -0.3 is 5.11 Å². The fourth-order valence-corrected chi connectivity index (χ4v) is 5.46. The highest BCUT2D eigenvalue weighted by atomic mass is 32.2. The normalized spacial score (nSPS) is 16.3. The van der Waals surface area contributed by atoms with E-state index in [0.29, 0.717) is 4.91 Å². The van der Waals surface area contributed by atoms with Crippen LogP contribution in [0.1, 0.15) is 19.4 Å². The van der Waals surface area contributed by atoms with E-state index in [-0.39, 0.29) is 5.92 Å². The lowest BCUT2D eigenvalue weighted by Gasteiger charge is -2.21. The summed E-state index contributed by atoms with van der Waals surface area (Å²) in [6.07, 6.45) is -0.649. The van der Waals surface area contributed by atoms with Gasteiger partial charge in [0.25, 0.3) is 0 Å². The second kappa shape index (κ2) is 6.83. The van der Waals surface area contributed by atoms with Gasteiger partial charge in [0.05, 0.1) is 25.0 Å². The van der Waals surface area contributed by atoms with Crippen LogP contribution in [0.4, 0.5) is 0 Å². The van der Waals surface area contributed by atoms with Gasteiger partial charge in [0.15, 0.2) is 0 Å². The van der Waals surface area contributed by atoms with Crippen LogP contribution in [0.2, 0.25) is 19.6 Å². The molecule has 1 rings (SSSR count). The van der Waals surface area contributed by atoms with Crippen molar-refractivity contribution >= 4 is 18.9 Å². The number of rotatable bonds is 5. The summed E-state index contributed by atoms with van der Waals surface area (Å²) >= 11 is 0. The molecule has 0 fully saturated rings. The van der Waals surface area contributed by atoms with E-state index in [0.717, 1.165) is 10.5 Å². The van der Waals surface area contributed by atoms with Gasteiger partial charge in [-0.1, -0.05) is 56.9 Å². The molecule has 0 radical (unpaired) electrons. The zero-order valence-corrected chi connectivity index (χ0v) is 15.1. The van der Waals surface area contributed by atoms with Crippen LogP contribution in [0.25, 0.3) is 0 Å². The number of benzene rings is 1. The van der Waals surface area contributed by atoms with Crippen LogP contribution in [0.15, 0.2) is 39.8 Å². The first-order valence-corrected chi connectivity index (χ1v) is 11.7. The third-order valence-corrected chi connectivity index (χ3v) is 5.82. The molecule has 112 valence electrons. The summed E-state index contributed by atoms with van der Waals surface area (Å²) in [5.41, 5.74) is 3.22. The van der Waals surface area contributed by atoms with Gasteiger partial charge in [0.2, 0.25) is 0 Å². The molecule has 0 aliphatic carbocycles. The summed E-state index contributed by atoms with van der Waals surface area (Å²) in [6.45, 7) is 12.5. The zero-order chi connectivity index (χ0) is 15.5. The van der Waals surface area contributed by atoms with Crippen LogP contribution >= 0.6 is 0 Å². The van der Waals surface area contributed by atoms with E-state index in [4.69, 9.17) is 0 Å². The Bertz CT molecular complexity index is 498. The molecule has 0 unspecified atom stereocenters. The topological polar surface area (TPSA) is 37.3 Å². The van der Waals surface area contributed by atoms with E-state index < -0.39 is 25.0 Å². The quantitative estimate of drug-likeness (QED) is 0.838. The smallest absolute Gasteiger partial charge is 0.0892 e. The largest absolute Gasteiger partial charge is 0.388 e. The predicted molar refractivity (Wildman–Crippen MR) is 89.9 cm³/mol. The average Bonchev–Trinajstić information content (AvgIpc) is 2.34. The number of hydrogen-bond donors (Lipinski definition) is 1. The zero-order valence-electron chi connectivity index (χ0n) is 13.3. The van der Waals surface area contributed by atoms with Crippen molar-refractivity contribution in [3.63, 3.8) is 0 Å². The van der Waals surface area contributed by atoms with Gasteiger partial charge in [-0.2, -0.15) is 0 Å². The molecule has 2 atom stereocenters. The molecule has 2 nitrogen and oxygen atoms in total. The number of aryl methyl sites for hydroxylation is 1. The van der Waals surface area contributed by atoms with E-state index in [1.54, 1.807) is 0 Å². The van der Waals surface area contributed by atoms with Gasteiger partial charge >= 0.3 is 0 Å². The molecule has 20 heavy (non-hydrogen) atoms. The molecule has 0 spiro atoms. The minimum atomic E-state index is -1.55. The molecule has 0 amide bonds. The van der Waals surface area contributed by atoms with E-state index in [1.165, 1.54) is 0 Å². The SMILES string of the molecule is Cc1ccc([S@@](=O)/C(=C/[Si](C)(C)C)[C@H](O)C(C)C)cc1. The van der Waals surface area contributed by atoms with Gasteiger partial charge in [0.1, 0.15) is 0 Å². The van der Waals surface area contributed by atoms with Gasteiger partial charge in [-0.25, -0.2) is 4.21 Å². The Hall–Kier alpha value is -0.713. The van der Waals surface area contributed by atoms with E-state index in [2.05, 4.69) is 25.3 Å². The highest BCUT2D eigenvalue weighted by Gasteiger charge is 2.24. The fourth-order valence-electron chi connectivity index (χ4n) is 1.80. The Balaban J connectivity index is 3.21. The maximum atomic E-state index is 12.8. The van der Waals surface area contributed by atoms with Crippen LogP contribution in [-0.2, 0) is 10.8 Å². The van der Waals surface area contributed by atoms with E-state index >= 15 is 0 Å². The second-order valence-corrected chi connectivity index (χ2v) is 13.2. The third kappa shape index (κ3) is 5.00. The number of hydrogen-bond acceptors (Lipinski definition) is 2. The standard InChI is InChI=1S/C16H26O2SSi/c1-12(2)16(17)15(11-20(4,5)6)19(18)14-9-7-13(3)8-10-14/h7-12,16-17H,1-6H3/b15-11+/t16-,19-/m1/s1. The Labute approximate surface area is 126 Å². The average molecular weight is 311 g/mol. The summed E-state index contributed by atoms with van der Waals surface area (Å²) in [5.74, 6) is 0.0620. The molecule has 0 bridgehead atoms. The predicted octanol–water partition coefficient (Wildman–Crippen LogP) is 3.88. The van der Waals surface area contributed by atoms with Crippen molar-refractivity contribution in [1.82, 2.24) is 0 Å². The number of aliphatic hydroxyl groups excluding tert-OH is 1. The lowest BCUT2D eigenvalue weighted by atomic mass is 10.1. The summed E-state index contributed by atoms with van der Waals surface area (Å²) in [7, 11) is -2.83. The van der Waals surface area contributed by atoms with Gasteiger partial charge in [-0.15, -0.1) is 0 Å². The molecular weight excluding hydrogens is 284 g/mol. The van der Waals surface area contributed by atoms with Crippen molar-refractivity contribution in [2.75, 3.05) is 0 Å². The highest BCUT2D eigenvalue weighted by molar-refractivity contribution is 7.89. The lowest BCUT2D eigenvalue weighted by molar-refractivity contribution is 0.168. The molecule has 1 aromatic carbocycles. The van der Waals surface area contributed by atoms with Crippen molar-refractivity contribution in [2.45, 2.75) is 51.4 Å². The van der Waals surface area contributed by atoms with Crippen molar-refractivity contribution in [1.29, 1.82) is 0 Å². The number of aliphatic hydroxyl groups is 1. The summed E-state index contributed by atoms with van der Waals surface area (Å²) in [5, 5.41) is 10.4. The van der Waals surface area contributed by atoms with Crippen LogP contribution in [-0.4, -0.2) is 23.5 Å². The van der Waals surface area contributed by atoms with Crippen LogP contribution in [0, 0.1) is 12.8 Å². The Morgan fingerprint density at radius 1 is 1.20 bits per heavy atom. The first kappa shape index (κ1) is 17.3. The molecule has 1 aromatic rings. The van der Waals surface area contributed by atoms with Gasteiger partial charge in [-0.05, 0) is 25.0 Å². The third-order valence-electron chi connectivity index (χ3n) is 2.95. The first-order chi connectivity index (χ1) is 9.11. The molecule has 0 aromatic heterocycles. The molecule has 0 heterocycles. The molecule has 0 saturated carbocycles. The van der Waals surface area contributed by atoms with Gasteiger partial charge in [-0.3, -0.25) is 0 Å². The maximum absolute atomic E-state index is 12.8. The van der Waals surface area contributed by atoms with Gasteiger partial charge in [0, 0.05) is 9.80 Å². The summed E-state index contributed by atoms with van der Waals surface area (Å²) in [6, 6.07) is 7.69. The Morgan fingerprint density at radius 3 is 2.10 bits per heavy atom. The minimum Gasteiger partial charge on any atom is -0.388 e. The minimum absolute atomic E-state index is 0.0620. The lowest BCUT2D eigenvalue weighted by Crippen LogP contribution is -2.26.